The number of hydrogen-bond acceptors (Lipinski definition) is 2. The molecule has 1 N–H and O–H groups in total. The van der Waals surface area contributed by atoms with Crippen LogP contribution in [0.1, 0.15) is 6.42 Å². The molecule has 0 aromatic carbocycles. The Morgan fingerprint density at radius 2 is 2.15 bits per heavy atom. The van der Waals surface area contributed by atoms with Gasteiger partial charge in [-0.1, -0.05) is 0 Å². The number of likely N-dealkylation sites (tertiary alicyclic amines) is 1. The largest absolute Gasteiger partial charge is 0.480 e. The van der Waals surface area contributed by atoms with Crippen LogP contribution in [0.2, 0.25) is 0 Å². The van der Waals surface area contributed by atoms with Gasteiger partial charge in [-0.25, -0.2) is 0 Å². The van der Waals surface area contributed by atoms with Gasteiger partial charge in [0.2, 0.25) is 0 Å². The van der Waals surface area contributed by atoms with E-state index in [2.05, 4.69) is 0 Å². The number of halogens is 3. The van der Waals surface area contributed by atoms with Crippen molar-refractivity contribution in [2.75, 3.05) is 19.6 Å². The summed E-state index contributed by atoms with van der Waals surface area (Å²) in [6.07, 6.45) is -4.18. The van der Waals surface area contributed by atoms with Gasteiger partial charge < -0.3 is 5.11 Å². The number of rotatable bonds is 2. The fraction of sp³-hybridized carbons (Fsp3) is 0.857. The van der Waals surface area contributed by atoms with E-state index in [-0.39, 0.29) is 26.1 Å². The van der Waals surface area contributed by atoms with E-state index in [1.165, 1.54) is 4.90 Å². The maximum absolute atomic E-state index is 12.1. The molecule has 1 rings (SSSR count). The van der Waals surface area contributed by atoms with Crippen molar-refractivity contribution in [2.24, 2.45) is 5.92 Å². The highest BCUT2D eigenvalue weighted by atomic mass is 19.4. The number of carbonyl (C=O) groups is 1. The first-order valence-electron chi connectivity index (χ1n) is 3.90. The van der Waals surface area contributed by atoms with E-state index in [9.17, 15) is 18.0 Å². The molecule has 3 nitrogen and oxygen atoms in total. The van der Waals surface area contributed by atoms with E-state index in [1.54, 1.807) is 0 Å². The minimum Gasteiger partial charge on any atom is -0.480 e. The predicted octanol–water partition coefficient (Wildman–Crippen LogP) is 0.955. The zero-order valence-electron chi connectivity index (χ0n) is 6.84. The van der Waals surface area contributed by atoms with E-state index in [0.29, 0.717) is 0 Å². The highest BCUT2D eigenvalue weighted by Crippen LogP contribution is 2.33. The number of carboxylic acid groups (broad SMARTS) is 1. The average molecular weight is 197 g/mol. The molecule has 0 aromatic rings. The number of aliphatic carboxylic acids is 1. The Bertz CT molecular complexity index is 204. The summed E-state index contributed by atoms with van der Waals surface area (Å²) in [5.41, 5.74) is 0. The summed E-state index contributed by atoms with van der Waals surface area (Å²) in [4.78, 5) is 11.5. The quantitative estimate of drug-likeness (QED) is 0.716. The third-order valence-electron chi connectivity index (χ3n) is 2.09. The topological polar surface area (TPSA) is 40.5 Å². The Kier molecular flexibility index (Phi) is 2.80. The highest BCUT2D eigenvalue weighted by Gasteiger charge is 2.43. The van der Waals surface area contributed by atoms with Crippen molar-refractivity contribution in [1.82, 2.24) is 4.90 Å². The Morgan fingerprint density at radius 3 is 2.54 bits per heavy atom. The number of carboxylic acids is 1. The van der Waals surface area contributed by atoms with Crippen LogP contribution in [0.3, 0.4) is 0 Å². The van der Waals surface area contributed by atoms with Crippen LogP contribution in [0.15, 0.2) is 0 Å². The van der Waals surface area contributed by atoms with Gasteiger partial charge in [-0.05, 0) is 13.0 Å². The number of nitrogens with zero attached hydrogens (tertiary/aromatic N) is 1. The second-order valence-corrected chi connectivity index (χ2v) is 3.16. The van der Waals surface area contributed by atoms with E-state index >= 15 is 0 Å². The third kappa shape index (κ3) is 2.87. The predicted molar refractivity (Wildman–Crippen MR) is 38.2 cm³/mol. The van der Waals surface area contributed by atoms with E-state index < -0.39 is 18.1 Å². The minimum atomic E-state index is -4.19. The molecule has 1 atom stereocenters. The molecule has 1 fully saturated rings. The zero-order valence-corrected chi connectivity index (χ0v) is 6.84. The summed E-state index contributed by atoms with van der Waals surface area (Å²) in [5, 5.41) is 8.34. The molecular formula is C7H10F3NO2. The third-order valence-corrected chi connectivity index (χ3v) is 2.09. The fourth-order valence-electron chi connectivity index (χ4n) is 1.43. The van der Waals surface area contributed by atoms with Gasteiger partial charge in [0.1, 0.15) is 0 Å². The monoisotopic (exact) mass is 197 g/mol. The lowest BCUT2D eigenvalue weighted by Crippen LogP contribution is -2.30. The van der Waals surface area contributed by atoms with E-state index in [1.807, 2.05) is 0 Å². The van der Waals surface area contributed by atoms with Crippen LogP contribution in [-0.4, -0.2) is 41.8 Å². The molecule has 0 aliphatic carbocycles. The van der Waals surface area contributed by atoms with Crippen molar-refractivity contribution in [1.29, 1.82) is 0 Å². The molecule has 13 heavy (non-hydrogen) atoms. The first-order chi connectivity index (χ1) is 5.89. The molecule has 1 aliphatic rings. The van der Waals surface area contributed by atoms with Gasteiger partial charge in [0.15, 0.2) is 0 Å². The van der Waals surface area contributed by atoms with Crippen LogP contribution in [0.25, 0.3) is 0 Å². The lowest BCUT2D eigenvalue weighted by molar-refractivity contribution is -0.171. The Balaban J connectivity index is 2.41. The van der Waals surface area contributed by atoms with Crippen molar-refractivity contribution in [3.63, 3.8) is 0 Å². The molecule has 0 bridgehead atoms. The molecule has 1 aliphatic heterocycles. The van der Waals surface area contributed by atoms with Gasteiger partial charge >= 0.3 is 12.1 Å². The summed E-state index contributed by atoms with van der Waals surface area (Å²) < 4.78 is 36.3. The van der Waals surface area contributed by atoms with Crippen LogP contribution in [0.4, 0.5) is 13.2 Å². The molecule has 76 valence electrons. The van der Waals surface area contributed by atoms with Crippen molar-refractivity contribution < 1.29 is 23.1 Å². The summed E-state index contributed by atoms with van der Waals surface area (Å²) in [6, 6.07) is 0. The lowest BCUT2D eigenvalue weighted by Gasteiger charge is -2.15. The molecule has 6 heteroatoms. The maximum atomic E-state index is 12.1. The molecule has 0 amide bonds. The molecule has 0 saturated carbocycles. The Labute approximate surface area is 73.1 Å². The lowest BCUT2D eigenvalue weighted by atomic mass is 10.1. The minimum absolute atomic E-state index is 0.0107. The first kappa shape index (κ1) is 10.3. The van der Waals surface area contributed by atoms with Crippen LogP contribution < -0.4 is 0 Å². The van der Waals surface area contributed by atoms with Gasteiger partial charge in [0.05, 0.1) is 12.5 Å². The molecule has 1 saturated heterocycles. The average Bonchev–Trinajstić information content (AvgIpc) is 2.32. The van der Waals surface area contributed by atoms with Gasteiger partial charge in [-0.2, -0.15) is 13.2 Å². The van der Waals surface area contributed by atoms with E-state index in [4.69, 9.17) is 5.11 Å². The second-order valence-electron chi connectivity index (χ2n) is 3.16. The summed E-state index contributed by atoms with van der Waals surface area (Å²) in [5.74, 6) is -2.44. The smallest absolute Gasteiger partial charge is 0.393 e. The molecule has 0 aromatic heterocycles. The Morgan fingerprint density at radius 1 is 1.54 bits per heavy atom. The second kappa shape index (κ2) is 3.53. The van der Waals surface area contributed by atoms with Crippen LogP contribution in [-0.2, 0) is 4.79 Å². The Hall–Kier alpha value is -0.780. The fourth-order valence-corrected chi connectivity index (χ4v) is 1.43. The normalized spacial score (nSPS) is 25.0. The number of hydrogen-bond donors (Lipinski definition) is 1. The maximum Gasteiger partial charge on any atom is 0.393 e. The molecular weight excluding hydrogens is 187 g/mol. The SMILES string of the molecule is O=C(O)CN1CCC(C(F)(F)F)C1. The first-order valence-corrected chi connectivity index (χ1v) is 3.90. The zero-order chi connectivity index (χ0) is 10.1. The van der Waals surface area contributed by atoms with Crippen molar-refractivity contribution in [3.8, 4) is 0 Å². The van der Waals surface area contributed by atoms with Gasteiger partial charge in [0.25, 0.3) is 0 Å². The molecule has 1 unspecified atom stereocenters. The summed E-state index contributed by atoms with van der Waals surface area (Å²) in [6.45, 7) is -0.265. The van der Waals surface area contributed by atoms with E-state index in [0.717, 1.165) is 0 Å². The van der Waals surface area contributed by atoms with Gasteiger partial charge in [-0.15, -0.1) is 0 Å². The molecule has 1 heterocycles. The van der Waals surface area contributed by atoms with Gasteiger partial charge in [0, 0.05) is 6.54 Å². The van der Waals surface area contributed by atoms with Crippen LogP contribution >= 0.6 is 0 Å². The number of alkyl halides is 3. The highest BCUT2D eigenvalue weighted by molar-refractivity contribution is 5.69. The summed E-state index contributed by atoms with van der Waals surface area (Å²) in [7, 11) is 0. The van der Waals surface area contributed by atoms with Crippen molar-refractivity contribution >= 4 is 5.97 Å². The van der Waals surface area contributed by atoms with Gasteiger partial charge in [-0.3, -0.25) is 9.69 Å². The van der Waals surface area contributed by atoms with Crippen LogP contribution in [0.5, 0.6) is 0 Å². The van der Waals surface area contributed by atoms with Crippen molar-refractivity contribution in [3.05, 3.63) is 0 Å². The molecule has 0 spiro atoms. The molecule has 0 radical (unpaired) electrons. The standard InChI is InChI=1S/C7H10F3NO2/c8-7(9,10)5-1-2-11(3-5)4-6(12)13/h5H,1-4H2,(H,12,13). The van der Waals surface area contributed by atoms with Crippen LogP contribution in [0, 0.1) is 5.92 Å². The summed E-state index contributed by atoms with van der Waals surface area (Å²) >= 11 is 0. The van der Waals surface area contributed by atoms with Crippen molar-refractivity contribution in [2.45, 2.75) is 12.6 Å².